The van der Waals surface area contributed by atoms with Crippen molar-refractivity contribution >= 4 is 12.0 Å². The van der Waals surface area contributed by atoms with Crippen LogP contribution in [0.2, 0.25) is 0 Å². The molecule has 0 aromatic heterocycles. The van der Waals surface area contributed by atoms with E-state index in [0.29, 0.717) is 12.1 Å². The minimum atomic E-state index is -0.654. The SMILES string of the molecule is CCCNC(=O)ONC(=O)c1ccccc1CC. The Morgan fingerprint density at radius 2 is 1.94 bits per heavy atom. The third-order valence-corrected chi connectivity index (χ3v) is 2.40. The molecule has 0 unspecified atom stereocenters. The molecule has 0 atom stereocenters. The van der Waals surface area contributed by atoms with E-state index in [1.54, 1.807) is 12.1 Å². The zero-order valence-electron chi connectivity index (χ0n) is 10.7. The summed E-state index contributed by atoms with van der Waals surface area (Å²) in [5.74, 6) is -0.418. The van der Waals surface area contributed by atoms with Crippen LogP contribution in [0.4, 0.5) is 4.79 Å². The largest absolute Gasteiger partial charge is 0.431 e. The molecule has 98 valence electrons. The van der Waals surface area contributed by atoms with Crippen molar-refractivity contribution in [3.63, 3.8) is 0 Å². The average Bonchev–Trinajstić information content (AvgIpc) is 2.42. The molecule has 0 radical (unpaired) electrons. The average molecular weight is 250 g/mol. The lowest BCUT2D eigenvalue weighted by atomic mass is 10.1. The van der Waals surface area contributed by atoms with Crippen LogP contribution in [0.1, 0.15) is 36.2 Å². The number of benzene rings is 1. The van der Waals surface area contributed by atoms with Crippen molar-refractivity contribution in [1.29, 1.82) is 0 Å². The van der Waals surface area contributed by atoms with Crippen molar-refractivity contribution < 1.29 is 14.4 Å². The van der Waals surface area contributed by atoms with Gasteiger partial charge in [0, 0.05) is 12.1 Å². The van der Waals surface area contributed by atoms with Gasteiger partial charge in [-0.05, 0) is 24.5 Å². The molecule has 5 heteroatoms. The maximum atomic E-state index is 11.8. The highest BCUT2D eigenvalue weighted by Gasteiger charge is 2.11. The summed E-state index contributed by atoms with van der Waals surface area (Å²) in [5.41, 5.74) is 3.56. The molecule has 0 saturated carbocycles. The molecule has 0 heterocycles. The van der Waals surface area contributed by atoms with Crippen molar-refractivity contribution in [2.75, 3.05) is 6.54 Å². The molecule has 5 nitrogen and oxygen atoms in total. The molecule has 0 aliphatic carbocycles. The summed E-state index contributed by atoms with van der Waals surface area (Å²) in [4.78, 5) is 27.5. The van der Waals surface area contributed by atoms with E-state index < -0.39 is 12.0 Å². The van der Waals surface area contributed by atoms with Crippen LogP contribution in [0.3, 0.4) is 0 Å². The predicted octanol–water partition coefficient (Wildman–Crippen LogP) is 2.03. The summed E-state index contributed by atoms with van der Waals surface area (Å²) in [6.45, 7) is 4.40. The van der Waals surface area contributed by atoms with Crippen LogP contribution >= 0.6 is 0 Å². The zero-order valence-corrected chi connectivity index (χ0v) is 10.7. The second kappa shape index (κ2) is 7.32. The van der Waals surface area contributed by atoms with Crippen LogP contribution in [0, 0.1) is 0 Å². The summed E-state index contributed by atoms with van der Waals surface area (Å²) in [6, 6.07) is 7.20. The Bertz CT molecular complexity index is 418. The zero-order chi connectivity index (χ0) is 13.4. The van der Waals surface area contributed by atoms with E-state index in [0.717, 1.165) is 18.4 Å². The smallest absolute Gasteiger partial charge is 0.321 e. The summed E-state index contributed by atoms with van der Waals surface area (Å²) in [7, 11) is 0. The fourth-order valence-corrected chi connectivity index (χ4v) is 1.46. The van der Waals surface area contributed by atoms with Crippen molar-refractivity contribution in [2.24, 2.45) is 0 Å². The lowest BCUT2D eigenvalue weighted by Gasteiger charge is -2.09. The maximum absolute atomic E-state index is 11.8. The van der Waals surface area contributed by atoms with E-state index in [9.17, 15) is 9.59 Å². The lowest BCUT2D eigenvalue weighted by molar-refractivity contribution is 0.0572. The molecular weight excluding hydrogens is 232 g/mol. The summed E-state index contributed by atoms with van der Waals surface area (Å²) in [5, 5.41) is 2.49. The predicted molar refractivity (Wildman–Crippen MR) is 68.1 cm³/mol. The first-order valence-corrected chi connectivity index (χ1v) is 6.02. The minimum absolute atomic E-state index is 0.418. The van der Waals surface area contributed by atoms with Gasteiger partial charge in [-0.3, -0.25) is 4.79 Å². The number of carbonyl (C=O) groups excluding carboxylic acids is 2. The molecule has 1 aromatic carbocycles. The van der Waals surface area contributed by atoms with E-state index in [1.165, 1.54) is 0 Å². The lowest BCUT2D eigenvalue weighted by Crippen LogP contribution is -2.34. The second-order valence-electron chi connectivity index (χ2n) is 3.76. The number of hydrogen-bond acceptors (Lipinski definition) is 3. The third kappa shape index (κ3) is 4.08. The van der Waals surface area contributed by atoms with Gasteiger partial charge in [0.2, 0.25) is 0 Å². The highest BCUT2D eigenvalue weighted by molar-refractivity contribution is 5.95. The normalized spacial score (nSPS) is 9.67. The van der Waals surface area contributed by atoms with Gasteiger partial charge in [0.1, 0.15) is 0 Å². The molecular formula is C13H18N2O3. The van der Waals surface area contributed by atoms with E-state index >= 15 is 0 Å². The Morgan fingerprint density at radius 1 is 1.22 bits per heavy atom. The van der Waals surface area contributed by atoms with Gasteiger partial charge in [-0.1, -0.05) is 32.0 Å². The summed E-state index contributed by atoms with van der Waals surface area (Å²) in [6.07, 6.45) is 0.895. The second-order valence-corrected chi connectivity index (χ2v) is 3.76. The number of rotatable bonds is 4. The van der Waals surface area contributed by atoms with Gasteiger partial charge in [-0.15, -0.1) is 0 Å². The number of carbonyl (C=O) groups is 2. The van der Waals surface area contributed by atoms with Crippen LogP contribution in [0.5, 0.6) is 0 Å². The number of hydrogen-bond donors (Lipinski definition) is 2. The van der Waals surface area contributed by atoms with Gasteiger partial charge in [0.15, 0.2) is 0 Å². The highest BCUT2D eigenvalue weighted by Crippen LogP contribution is 2.08. The van der Waals surface area contributed by atoms with E-state index in [1.807, 2.05) is 26.0 Å². The van der Waals surface area contributed by atoms with Gasteiger partial charge in [0.05, 0.1) is 0 Å². The summed E-state index contributed by atoms with van der Waals surface area (Å²) >= 11 is 0. The molecule has 0 bridgehead atoms. The Labute approximate surface area is 106 Å². The van der Waals surface area contributed by atoms with Crippen molar-refractivity contribution in [1.82, 2.24) is 10.8 Å². The Balaban J connectivity index is 2.52. The van der Waals surface area contributed by atoms with Crippen LogP contribution in [0.25, 0.3) is 0 Å². The van der Waals surface area contributed by atoms with Crippen LogP contribution < -0.4 is 10.8 Å². The molecule has 0 spiro atoms. The van der Waals surface area contributed by atoms with Gasteiger partial charge in [0.25, 0.3) is 5.91 Å². The molecule has 2 N–H and O–H groups in total. The monoisotopic (exact) mass is 250 g/mol. The van der Waals surface area contributed by atoms with E-state index in [4.69, 9.17) is 0 Å². The molecule has 2 amide bonds. The summed E-state index contributed by atoms with van der Waals surface area (Å²) < 4.78 is 0. The molecule has 18 heavy (non-hydrogen) atoms. The number of aryl methyl sites for hydroxylation is 1. The number of nitrogens with one attached hydrogen (secondary N) is 2. The molecule has 0 fully saturated rings. The first-order chi connectivity index (χ1) is 8.69. The van der Waals surface area contributed by atoms with Crippen LogP contribution in [-0.2, 0) is 11.3 Å². The first-order valence-electron chi connectivity index (χ1n) is 6.02. The van der Waals surface area contributed by atoms with Gasteiger partial charge in [-0.25, -0.2) is 4.79 Å². The quantitative estimate of drug-likeness (QED) is 0.803. The van der Waals surface area contributed by atoms with Crippen molar-refractivity contribution in [2.45, 2.75) is 26.7 Å². The first kappa shape index (κ1) is 14.0. The molecule has 0 aliphatic heterocycles. The number of amides is 2. The number of hydroxylamine groups is 1. The standard InChI is InChI=1S/C13H18N2O3/c1-3-9-14-13(17)18-15-12(16)11-8-6-5-7-10(11)4-2/h5-8H,3-4,9H2,1-2H3,(H,14,17)(H,15,16). The molecule has 0 aliphatic rings. The van der Waals surface area contributed by atoms with Crippen molar-refractivity contribution in [3.05, 3.63) is 35.4 Å². The van der Waals surface area contributed by atoms with Gasteiger partial charge in [-0.2, -0.15) is 5.48 Å². The highest BCUT2D eigenvalue weighted by atomic mass is 16.7. The Morgan fingerprint density at radius 3 is 2.61 bits per heavy atom. The van der Waals surface area contributed by atoms with E-state index in [2.05, 4.69) is 15.6 Å². The fourth-order valence-electron chi connectivity index (χ4n) is 1.46. The maximum Gasteiger partial charge on any atom is 0.431 e. The fraction of sp³-hybridized carbons (Fsp3) is 0.385. The van der Waals surface area contributed by atoms with Gasteiger partial charge < -0.3 is 10.2 Å². The molecule has 1 aromatic rings. The minimum Gasteiger partial charge on any atom is -0.321 e. The molecule has 0 saturated heterocycles. The Hall–Kier alpha value is -2.04. The third-order valence-electron chi connectivity index (χ3n) is 2.40. The van der Waals surface area contributed by atoms with Gasteiger partial charge >= 0.3 is 6.09 Å². The molecule has 1 rings (SSSR count). The van der Waals surface area contributed by atoms with Crippen molar-refractivity contribution in [3.8, 4) is 0 Å². The Kier molecular flexibility index (Phi) is 5.70. The van der Waals surface area contributed by atoms with E-state index in [-0.39, 0.29) is 0 Å². The van der Waals surface area contributed by atoms with Crippen LogP contribution in [-0.4, -0.2) is 18.5 Å². The van der Waals surface area contributed by atoms with Crippen LogP contribution in [0.15, 0.2) is 24.3 Å². The topological polar surface area (TPSA) is 67.4 Å².